The third-order valence-corrected chi connectivity index (χ3v) is 12.0. The van der Waals surface area contributed by atoms with Crippen molar-refractivity contribution in [3.8, 4) is 62.1 Å². The summed E-state index contributed by atoms with van der Waals surface area (Å²) >= 11 is 0. The largest absolute Gasteiger partial charge is 0.309 e. The average molecular weight is 777 g/mol. The monoisotopic (exact) mass is 776 g/mol. The van der Waals surface area contributed by atoms with Gasteiger partial charge in [-0.05, 0) is 97.0 Å². The fraction of sp³-hybridized carbons (Fsp3) is 0. The Labute approximate surface area is 352 Å². The van der Waals surface area contributed by atoms with Crippen molar-refractivity contribution in [1.29, 1.82) is 0 Å². The van der Waals surface area contributed by atoms with Gasteiger partial charge in [0, 0.05) is 33.2 Å². The van der Waals surface area contributed by atoms with Gasteiger partial charge < -0.3 is 4.57 Å². The van der Waals surface area contributed by atoms with E-state index in [4.69, 9.17) is 15.0 Å². The van der Waals surface area contributed by atoms with Crippen molar-refractivity contribution >= 4 is 54.1 Å². The third kappa shape index (κ3) is 5.96. The summed E-state index contributed by atoms with van der Waals surface area (Å²) < 4.78 is 2.38. The zero-order valence-corrected chi connectivity index (χ0v) is 33.1. The van der Waals surface area contributed by atoms with Crippen LogP contribution in [-0.4, -0.2) is 19.5 Å². The van der Waals surface area contributed by atoms with Crippen LogP contribution in [0.2, 0.25) is 0 Å². The molecule has 0 unspecified atom stereocenters. The SMILES string of the molecule is c1ccc(-c2cccc(-c3nc(-c4ccccc4)nc(-c4cc(-c5ccc6c7ccccc7c7ccccc7c6c5)cc(-n5c6ccccc6c6ccccc65)c4)n3)c2)cc1. The van der Waals surface area contributed by atoms with E-state index in [1.807, 2.05) is 24.3 Å². The molecular weight excluding hydrogens is 741 g/mol. The molecule has 0 N–H and O–H groups in total. The van der Waals surface area contributed by atoms with Gasteiger partial charge in [-0.3, -0.25) is 0 Å². The number of rotatable bonds is 6. The van der Waals surface area contributed by atoms with E-state index >= 15 is 0 Å². The van der Waals surface area contributed by atoms with Gasteiger partial charge in [0.25, 0.3) is 0 Å². The van der Waals surface area contributed by atoms with E-state index in [0.717, 1.165) is 55.7 Å². The molecule has 0 saturated heterocycles. The highest BCUT2D eigenvalue weighted by Crippen LogP contribution is 2.40. The van der Waals surface area contributed by atoms with Crippen molar-refractivity contribution in [3.63, 3.8) is 0 Å². The number of hydrogen-bond donors (Lipinski definition) is 0. The van der Waals surface area contributed by atoms with Gasteiger partial charge in [-0.25, -0.2) is 15.0 Å². The van der Waals surface area contributed by atoms with Gasteiger partial charge in [-0.1, -0.05) is 176 Å². The summed E-state index contributed by atoms with van der Waals surface area (Å²) in [5.74, 6) is 1.85. The van der Waals surface area contributed by atoms with Gasteiger partial charge in [-0.15, -0.1) is 0 Å². The molecule has 0 radical (unpaired) electrons. The Morgan fingerprint density at radius 2 is 0.639 bits per heavy atom. The van der Waals surface area contributed by atoms with Gasteiger partial charge in [0.1, 0.15) is 0 Å². The van der Waals surface area contributed by atoms with Crippen LogP contribution >= 0.6 is 0 Å². The number of para-hydroxylation sites is 2. The standard InChI is InChI=1S/C57H36N4/c1-3-16-37(17-4-1)39-20-15-21-41(32-39)56-58-55(38-18-5-2-6-19-38)59-57(60-56)43-33-42(34-44(35-43)61-53-28-13-11-26-50(53)51-27-12-14-29-54(51)61)40-30-31-49-47-24-8-7-22-45(47)46-23-9-10-25-48(46)52(49)36-40/h1-36H. The number of aromatic nitrogens is 4. The second kappa shape index (κ2) is 14.3. The molecule has 2 aromatic heterocycles. The van der Waals surface area contributed by atoms with Crippen LogP contribution in [0.1, 0.15) is 0 Å². The quantitative estimate of drug-likeness (QED) is 0.158. The van der Waals surface area contributed by atoms with E-state index in [1.54, 1.807) is 0 Å². The van der Waals surface area contributed by atoms with E-state index < -0.39 is 0 Å². The van der Waals surface area contributed by atoms with Crippen molar-refractivity contribution in [2.24, 2.45) is 0 Å². The minimum Gasteiger partial charge on any atom is -0.309 e. The fourth-order valence-corrected chi connectivity index (χ4v) is 9.14. The molecule has 0 saturated carbocycles. The summed E-state index contributed by atoms with van der Waals surface area (Å²) in [5, 5.41) is 9.90. The van der Waals surface area contributed by atoms with Crippen LogP contribution in [0.4, 0.5) is 0 Å². The van der Waals surface area contributed by atoms with Crippen molar-refractivity contribution in [3.05, 3.63) is 218 Å². The molecule has 61 heavy (non-hydrogen) atoms. The fourth-order valence-electron chi connectivity index (χ4n) is 9.14. The van der Waals surface area contributed by atoms with Crippen molar-refractivity contribution < 1.29 is 0 Å². The Bertz CT molecular complexity index is 3560. The van der Waals surface area contributed by atoms with Crippen LogP contribution < -0.4 is 0 Å². The summed E-state index contributed by atoms with van der Waals surface area (Å²) in [4.78, 5) is 15.7. The average Bonchev–Trinajstić information content (AvgIpc) is 3.69. The molecule has 0 atom stereocenters. The zero-order valence-electron chi connectivity index (χ0n) is 33.1. The molecule has 10 aromatic carbocycles. The summed E-state index contributed by atoms with van der Waals surface area (Å²) in [6.07, 6.45) is 0. The van der Waals surface area contributed by atoms with E-state index in [1.165, 1.54) is 43.1 Å². The molecule has 0 aliphatic rings. The summed E-state index contributed by atoms with van der Waals surface area (Å²) in [6, 6.07) is 77.7. The van der Waals surface area contributed by atoms with Crippen molar-refractivity contribution in [2.75, 3.05) is 0 Å². The second-order valence-electron chi connectivity index (χ2n) is 15.6. The maximum absolute atomic E-state index is 5.31. The maximum atomic E-state index is 5.31. The topological polar surface area (TPSA) is 43.6 Å². The molecule has 12 aromatic rings. The van der Waals surface area contributed by atoms with Crippen LogP contribution in [-0.2, 0) is 0 Å². The Morgan fingerprint density at radius 1 is 0.230 bits per heavy atom. The Hall–Kier alpha value is -8.21. The lowest BCUT2D eigenvalue weighted by atomic mass is 9.91. The van der Waals surface area contributed by atoms with Gasteiger partial charge in [0.2, 0.25) is 0 Å². The van der Waals surface area contributed by atoms with E-state index in [0.29, 0.717) is 17.5 Å². The van der Waals surface area contributed by atoms with E-state index in [-0.39, 0.29) is 0 Å². The molecule has 4 nitrogen and oxygen atoms in total. The molecule has 0 bridgehead atoms. The molecule has 0 amide bonds. The smallest absolute Gasteiger partial charge is 0.164 e. The number of benzene rings is 10. The normalized spacial score (nSPS) is 11.6. The van der Waals surface area contributed by atoms with Crippen LogP contribution in [0.15, 0.2) is 218 Å². The second-order valence-corrected chi connectivity index (χ2v) is 15.6. The lowest BCUT2D eigenvalue weighted by molar-refractivity contribution is 1.07. The minimum atomic E-state index is 0.607. The molecule has 2 heterocycles. The third-order valence-electron chi connectivity index (χ3n) is 12.0. The predicted molar refractivity (Wildman–Crippen MR) is 254 cm³/mol. The summed E-state index contributed by atoms with van der Waals surface area (Å²) in [5.41, 5.74) is 10.5. The zero-order chi connectivity index (χ0) is 40.3. The predicted octanol–water partition coefficient (Wildman–Crippen LogP) is 14.8. The van der Waals surface area contributed by atoms with Gasteiger partial charge in [-0.2, -0.15) is 0 Å². The van der Waals surface area contributed by atoms with Crippen LogP contribution in [0.3, 0.4) is 0 Å². The molecule has 0 fully saturated rings. The van der Waals surface area contributed by atoms with Crippen molar-refractivity contribution in [2.45, 2.75) is 0 Å². The molecule has 0 aliphatic carbocycles. The molecular formula is C57H36N4. The van der Waals surface area contributed by atoms with Crippen LogP contribution in [0.5, 0.6) is 0 Å². The van der Waals surface area contributed by atoms with E-state index in [9.17, 15) is 0 Å². The first kappa shape index (κ1) is 34.8. The lowest BCUT2D eigenvalue weighted by Crippen LogP contribution is -2.02. The van der Waals surface area contributed by atoms with Crippen LogP contribution in [0.25, 0.3) is 116 Å². The summed E-state index contributed by atoms with van der Waals surface area (Å²) in [7, 11) is 0. The molecule has 284 valence electrons. The van der Waals surface area contributed by atoms with Crippen molar-refractivity contribution in [1.82, 2.24) is 19.5 Å². The highest BCUT2D eigenvalue weighted by molar-refractivity contribution is 6.25. The van der Waals surface area contributed by atoms with Gasteiger partial charge in [0.05, 0.1) is 11.0 Å². The minimum absolute atomic E-state index is 0.607. The first-order chi connectivity index (χ1) is 30.2. The first-order valence-corrected chi connectivity index (χ1v) is 20.7. The first-order valence-electron chi connectivity index (χ1n) is 20.7. The number of hydrogen-bond acceptors (Lipinski definition) is 3. The highest BCUT2D eigenvalue weighted by atomic mass is 15.0. The highest BCUT2D eigenvalue weighted by Gasteiger charge is 2.19. The lowest BCUT2D eigenvalue weighted by Gasteiger charge is -2.16. The van der Waals surface area contributed by atoms with Gasteiger partial charge >= 0.3 is 0 Å². The Kier molecular flexibility index (Phi) is 8.13. The Balaban J connectivity index is 1.13. The Morgan fingerprint density at radius 3 is 1.26 bits per heavy atom. The molecule has 0 aliphatic heterocycles. The molecule has 12 rings (SSSR count). The molecule has 0 spiro atoms. The maximum Gasteiger partial charge on any atom is 0.164 e. The van der Waals surface area contributed by atoms with Gasteiger partial charge in [0.15, 0.2) is 17.5 Å². The summed E-state index contributed by atoms with van der Waals surface area (Å²) in [6.45, 7) is 0. The van der Waals surface area contributed by atoms with E-state index in [2.05, 4.69) is 199 Å². The number of fused-ring (bicyclic) bond motifs is 9. The molecule has 4 heteroatoms. The number of nitrogens with zero attached hydrogens (tertiary/aromatic N) is 4. The van der Waals surface area contributed by atoms with Crippen LogP contribution in [0, 0.1) is 0 Å².